The van der Waals surface area contributed by atoms with Crippen molar-refractivity contribution in [3.05, 3.63) is 34.9 Å². The SMILES string of the molecule is CN1C(=O)N(CC(=O)NC[C@@H](c2ccccc2Cl)N2CCCC2)C(=O)C12CCCCC2. The van der Waals surface area contributed by atoms with Gasteiger partial charge in [-0.15, -0.1) is 0 Å². The number of imide groups is 1. The Labute approximate surface area is 188 Å². The van der Waals surface area contributed by atoms with Crippen LogP contribution < -0.4 is 5.32 Å². The second-order valence-corrected chi connectivity index (χ2v) is 9.32. The highest BCUT2D eigenvalue weighted by Crippen LogP contribution is 2.39. The lowest BCUT2D eigenvalue weighted by atomic mass is 9.81. The molecule has 2 heterocycles. The fourth-order valence-corrected chi connectivity index (χ4v) is 5.58. The van der Waals surface area contributed by atoms with Gasteiger partial charge in [-0.2, -0.15) is 0 Å². The summed E-state index contributed by atoms with van der Waals surface area (Å²) in [6.07, 6.45) is 6.54. The van der Waals surface area contributed by atoms with Gasteiger partial charge in [0.05, 0.1) is 6.04 Å². The van der Waals surface area contributed by atoms with Crippen LogP contribution in [0.4, 0.5) is 4.79 Å². The highest BCUT2D eigenvalue weighted by molar-refractivity contribution is 6.31. The predicted octanol–water partition coefficient (Wildman–Crippen LogP) is 3.19. The Bertz CT molecular complexity index is 849. The van der Waals surface area contributed by atoms with E-state index < -0.39 is 5.54 Å². The van der Waals surface area contributed by atoms with Gasteiger partial charge in [0.15, 0.2) is 0 Å². The summed E-state index contributed by atoms with van der Waals surface area (Å²) in [5.41, 5.74) is 0.228. The van der Waals surface area contributed by atoms with Crippen LogP contribution in [0.25, 0.3) is 0 Å². The second kappa shape index (κ2) is 9.17. The van der Waals surface area contributed by atoms with Crippen molar-refractivity contribution in [3.63, 3.8) is 0 Å². The standard InChI is InChI=1S/C23H31ClN4O3/c1-26-22(31)28(21(30)23(26)11-5-2-6-12-23)16-20(29)25-15-19(27-13-7-8-14-27)17-9-3-4-10-18(17)24/h3-4,9-10,19H,2,5-8,11-16H2,1H3,(H,25,29)/t19-/m0/s1. The Morgan fingerprint density at radius 1 is 1.10 bits per heavy atom. The first kappa shape index (κ1) is 22.1. The van der Waals surface area contributed by atoms with Crippen LogP contribution >= 0.6 is 11.6 Å². The molecule has 4 amide bonds. The highest BCUT2D eigenvalue weighted by atomic mass is 35.5. The maximum Gasteiger partial charge on any atom is 0.327 e. The van der Waals surface area contributed by atoms with E-state index in [9.17, 15) is 14.4 Å². The molecule has 1 aliphatic carbocycles. The van der Waals surface area contributed by atoms with Gasteiger partial charge in [-0.3, -0.25) is 19.4 Å². The molecule has 0 radical (unpaired) electrons. The van der Waals surface area contributed by atoms with Gasteiger partial charge in [-0.1, -0.05) is 49.1 Å². The average molecular weight is 447 g/mol. The van der Waals surface area contributed by atoms with Gasteiger partial charge in [0.1, 0.15) is 12.1 Å². The van der Waals surface area contributed by atoms with Gasteiger partial charge in [0.25, 0.3) is 5.91 Å². The van der Waals surface area contributed by atoms with Gasteiger partial charge in [0.2, 0.25) is 5.91 Å². The lowest BCUT2D eigenvalue weighted by molar-refractivity contribution is -0.137. The number of urea groups is 1. The van der Waals surface area contributed by atoms with Crippen LogP contribution in [0.5, 0.6) is 0 Å². The number of halogens is 1. The number of rotatable bonds is 6. The van der Waals surface area contributed by atoms with E-state index in [0.29, 0.717) is 24.4 Å². The third kappa shape index (κ3) is 4.17. The molecule has 1 spiro atoms. The Kier molecular flexibility index (Phi) is 6.53. The van der Waals surface area contributed by atoms with Gasteiger partial charge in [-0.05, 0) is 50.4 Å². The molecule has 4 rings (SSSR count). The number of nitrogens with zero attached hydrogens (tertiary/aromatic N) is 3. The quantitative estimate of drug-likeness (QED) is 0.681. The summed E-state index contributed by atoms with van der Waals surface area (Å²) in [5, 5.41) is 3.64. The minimum atomic E-state index is -0.759. The zero-order valence-corrected chi connectivity index (χ0v) is 18.9. The summed E-state index contributed by atoms with van der Waals surface area (Å²) in [6, 6.07) is 7.30. The first-order valence-corrected chi connectivity index (χ1v) is 11.7. The van der Waals surface area contributed by atoms with E-state index in [-0.39, 0.29) is 30.4 Å². The number of nitrogens with one attached hydrogen (secondary N) is 1. The Morgan fingerprint density at radius 3 is 2.45 bits per heavy atom. The van der Waals surface area contributed by atoms with Crippen LogP contribution in [0.15, 0.2) is 24.3 Å². The number of carbonyl (C=O) groups excluding carboxylic acids is 3. The van der Waals surface area contributed by atoms with E-state index in [1.165, 1.54) is 0 Å². The van der Waals surface area contributed by atoms with Crippen molar-refractivity contribution < 1.29 is 14.4 Å². The van der Waals surface area contributed by atoms with Crippen LogP contribution in [0.1, 0.15) is 56.6 Å². The maximum atomic E-state index is 13.1. The lowest BCUT2D eigenvalue weighted by Gasteiger charge is -2.35. The molecular weight excluding hydrogens is 416 g/mol. The summed E-state index contributed by atoms with van der Waals surface area (Å²) in [7, 11) is 1.68. The molecule has 2 saturated heterocycles. The van der Waals surface area contributed by atoms with Crippen LogP contribution in [0.2, 0.25) is 5.02 Å². The summed E-state index contributed by atoms with van der Waals surface area (Å²) < 4.78 is 0. The number of benzene rings is 1. The molecule has 2 aliphatic heterocycles. The molecule has 0 unspecified atom stereocenters. The molecule has 3 aliphatic rings. The zero-order valence-electron chi connectivity index (χ0n) is 18.1. The number of carbonyl (C=O) groups is 3. The average Bonchev–Trinajstić information content (AvgIpc) is 3.36. The van der Waals surface area contributed by atoms with Crippen molar-refractivity contribution in [2.24, 2.45) is 0 Å². The molecule has 1 saturated carbocycles. The molecular formula is C23H31ClN4O3. The largest absolute Gasteiger partial charge is 0.353 e. The summed E-state index contributed by atoms with van der Waals surface area (Å²) in [5.74, 6) is -0.545. The third-order valence-electron chi connectivity index (χ3n) is 7.12. The Balaban J connectivity index is 1.42. The van der Waals surface area contributed by atoms with Crippen molar-refractivity contribution >= 4 is 29.4 Å². The summed E-state index contributed by atoms with van der Waals surface area (Å²) in [4.78, 5) is 43.7. The van der Waals surface area contributed by atoms with Crippen LogP contribution in [-0.2, 0) is 9.59 Å². The van der Waals surface area contributed by atoms with E-state index in [0.717, 1.165) is 55.7 Å². The number of hydrogen-bond acceptors (Lipinski definition) is 4. The van der Waals surface area contributed by atoms with Crippen molar-refractivity contribution in [1.82, 2.24) is 20.0 Å². The lowest BCUT2D eigenvalue weighted by Crippen LogP contribution is -2.49. The van der Waals surface area contributed by atoms with E-state index in [2.05, 4.69) is 10.2 Å². The number of likely N-dealkylation sites (tertiary alicyclic amines) is 1. The monoisotopic (exact) mass is 446 g/mol. The van der Waals surface area contributed by atoms with E-state index in [1.807, 2.05) is 24.3 Å². The Morgan fingerprint density at radius 2 is 1.77 bits per heavy atom. The minimum absolute atomic E-state index is 0.0301. The van der Waals surface area contributed by atoms with Crippen LogP contribution in [-0.4, -0.2) is 71.3 Å². The van der Waals surface area contributed by atoms with E-state index in [1.54, 1.807) is 11.9 Å². The molecule has 0 bridgehead atoms. The smallest absolute Gasteiger partial charge is 0.327 e. The van der Waals surface area contributed by atoms with Crippen LogP contribution in [0, 0.1) is 0 Å². The van der Waals surface area contributed by atoms with Gasteiger partial charge < -0.3 is 10.2 Å². The van der Waals surface area contributed by atoms with Crippen molar-refractivity contribution in [1.29, 1.82) is 0 Å². The molecule has 1 aromatic rings. The fraction of sp³-hybridized carbons (Fsp3) is 0.609. The summed E-state index contributed by atoms with van der Waals surface area (Å²) >= 11 is 6.44. The molecule has 31 heavy (non-hydrogen) atoms. The first-order chi connectivity index (χ1) is 14.9. The molecule has 1 atom stereocenters. The van der Waals surface area contributed by atoms with Gasteiger partial charge in [0, 0.05) is 18.6 Å². The van der Waals surface area contributed by atoms with E-state index >= 15 is 0 Å². The second-order valence-electron chi connectivity index (χ2n) is 8.91. The molecule has 1 N–H and O–H groups in total. The molecule has 1 aromatic carbocycles. The summed E-state index contributed by atoms with van der Waals surface area (Å²) in [6.45, 7) is 2.07. The highest BCUT2D eigenvalue weighted by Gasteiger charge is 2.55. The molecule has 3 fully saturated rings. The number of hydrogen-bond donors (Lipinski definition) is 1. The predicted molar refractivity (Wildman–Crippen MR) is 119 cm³/mol. The van der Waals surface area contributed by atoms with E-state index in [4.69, 9.17) is 11.6 Å². The minimum Gasteiger partial charge on any atom is -0.353 e. The fourth-order valence-electron chi connectivity index (χ4n) is 5.32. The van der Waals surface area contributed by atoms with Gasteiger partial charge in [-0.25, -0.2) is 4.79 Å². The van der Waals surface area contributed by atoms with Crippen LogP contribution in [0.3, 0.4) is 0 Å². The topological polar surface area (TPSA) is 73.0 Å². The normalized spacial score (nSPS) is 22.4. The first-order valence-electron chi connectivity index (χ1n) is 11.3. The van der Waals surface area contributed by atoms with Gasteiger partial charge >= 0.3 is 6.03 Å². The number of likely N-dealkylation sites (N-methyl/N-ethyl adjacent to an activating group) is 1. The zero-order chi connectivity index (χ0) is 22.0. The van der Waals surface area contributed by atoms with Crippen molar-refractivity contribution in [2.75, 3.05) is 33.2 Å². The third-order valence-corrected chi connectivity index (χ3v) is 7.47. The molecule has 168 valence electrons. The molecule has 7 nitrogen and oxygen atoms in total. The molecule has 8 heteroatoms. The Hall–Kier alpha value is -2.12. The molecule has 0 aromatic heterocycles. The number of amides is 4. The maximum absolute atomic E-state index is 13.1. The van der Waals surface area contributed by atoms with Crippen molar-refractivity contribution in [3.8, 4) is 0 Å². The van der Waals surface area contributed by atoms with Crippen molar-refractivity contribution in [2.45, 2.75) is 56.5 Å².